The maximum atomic E-state index is 5.95. The van der Waals surface area contributed by atoms with E-state index in [-0.39, 0.29) is 0 Å². The van der Waals surface area contributed by atoms with Gasteiger partial charge in [-0.2, -0.15) is 5.10 Å². The highest BCUT2D eigenvalue weighted by atomic mass is 15.3. The topological polar surface area (TPSA) is 43.8 Å². The third kappa shape index (κ3) is 2.61. The van der Waals surface area contributed by atoms with Gasteiger partial charge in [0.1, 0.15) is 0 Å². The van der Waals surface area contributed by atoms with Gasteiger partial charge in [-0.3, -0.25) is 4.68 Å². The maximum Gasteiger partial charge on any atom is 0.0562 e. The number of aromatic nitrogens is 2. The zero-order valence-corrected chi connectivity index (χ0v) is 12.0. The van der Waals surface area contributed by atoms with Crippen molar-refractivity contribution in [2.75, 3.05) is 6.54 Å². The first-order valence-electron chi connectivity index (χ1n) is 7.27. The largest absolute Gasteiger partial charge is 0.330 e. The van der Waals surface area contributed by atoms with Crippen molar-refractivity contribution in [3.05, 3.63) is 18.5 Å². The van der Waals surface area contributed by atoms with Crippen LogP contribution in [0.2, 0.25) is 0 Å². The maximum absolute atomic E-state index is 5.95. The Hall–Kier alpha value is -0.830. The van der Waals surface area contributed by atoms with Gasteiger partial charge in [0.05, 0.1) is 6.04 Å². The van der Waals surface area contributed by atoms with Gasteiger partial charge in [0.25, 0.3) is 0 Å². The summed E-state index contributed by atoms with van der Waals surface area (Å²) >= 11 is 0. The SMILES string of the molecule is CCC(C)(C)C1CCC(CN)C(n2cccn2)C1. The van der Waals surface area contributed by atoms with Crippen molar-refractivity contribution in [2.45, 2.75) is 52.5 Å². The molecular formula is C15H27N3. The van der Waals surface area contributed by atoms with Gasteiger partial charge in [0.2, 0.25) is 0 Å². The van der Waals surface area contributed by atoms with Crippen molar-refractivity contribution in [1.82, 2.24) is 9.78 Å². The first kappa shape index (κ1) is 13.6. The molecule has 1 aliphatic carbocycles. The van der Waals surface area contributed by atoms with E-state index in [1.54, 1.807) is 0 Å². The summed E-state index contributed by atoms with van der Waals surface area (Å²) in [6.07, 6.45) is 9.01. The Bertz CT molecular complexity index is 356. The van der Waals surface area contributed by atoms with Gasteiger partial charge in [-0.1, -0.05) is 27.2 Å². The van der Waals surface area contributed by atoms with Crippen LogP contribution in [-0.4, -0.2) is 16.3 Å². The highest BCUT2D eigenvalue weighted by Crippen LogP contribution is 2.45. The molecule has 3 unspecified atom stereocenters. The Kier molecular flexibility index (Phi) is 4.10. The Morgan fingerprint density at radius 3 is 2.72 bits per heavy atom. The summed E-state index contributed by atoms with van der Waals surface area (Å²) in [5.74, 6) is 1.38. The summed E-state index contributed by atoms with van der Waals surface area (Å²) in [5, 5.41) is 4.44. The summed E-state index contributed by atoms with van der Waals surface area (Å²) in [6, 6.07) is 2.51. The van der Waals surface area contributed by atoms with E-state index >= 15 is 0 Å². The van der Waals surface area contributed by atoms with E-state index in [1.165, 1.54) is 25.7 Å². The lowest BCUT2D eigenvalue weighted by Gasteiger charge is -2.43. The molecule has 3 nitrogen and oxygen atoms in total. The molecule has 0 radical (unpaired) electrons. The standard InChI is InChI=1S/C15H27N3/c1-4-15(2,3)13-7-6-12(11-16)14(10-13)18-9-5-8-17-18/h5,8-9,12-14H,4,6-7,10-11,16H2,1-3H3. The molecule has 1 aliphatic rings. The Morgan fingerprint density at radius 2 is 2.17 bits per heavy atom. The predicted molar refractivity (Wildman–Crippen MR) is 75.2 cm³/mol. The normalized spacial score (nSPS) is 29.4. The number of hydrogen-bond acceptors (Lipinski definition) is 2. The van der Waals surface area contributed by atoms with Crippen molar-refractivity contribution in [2.24, 2.45) is 23.0 Å². The first-order valence-corrected chi connectivity index (χ1v) is 7.27. The minimum atomic E-state index is 0.435. The fourth-order valence-corrected chi connectivity index (χ4v) is 3.28. The molecule has 0 spiro atoms. The van der Waals surface area contributed by atoms with Crippen molar-refractivity contribution < 1.29 is 0 Å². The quantitative estimate of drug-likeness (QED) is 0.890. The average Bonchev–Trinajstić information content (AvgIpc) is 2.91. The zero-order valence-electron chi connectivity index (χ0n) is 12.0. The molecule has 3 atom stereocenters. The minimum Gasteiger partial charge on any atom is -0.330 e. The van der Waals surface area contributed by atoms with Crippen LogP contribution in [-0.2, 0) is 0 Å². The molecule has 102 valence electrons. The molecule has 0 aromatic carbocycles. The van der Waals surface area contributed by atoms with E-state index in [0.717, 1.165) is 12.5 Å². The second-order valence-electron chi connectivity index (χ2n) is 6.40. The molecule has 0 bridgehead atoms. The molecular weight excluding hydrogens is 222 g/mol. The number of hydrogen-bond donors (Lipinski definition) is 1. The molecule has 1 aromatic heterocycles. The molecule has 1 saturated carbocycles. The van der Waals surface area contributed by atoms with Crippen molar-refractivity contribution in [1.29, 1.82) is 0 Å². The zero-order chi connectivity index (χ0) is 13.2. The van der Waals surface area contributed by atoms with Gasteiger partial charge in [-0.05, 0) is 49.1 Å². The third-order valence-corrected chi connectivity index (χ3v) is 5.14. The lowest BCUT2D eigenvalue weighted by molar-refractivity contribution is 0.0850. The smallest absolute Gasteiger partial charge is 0.0562 e. The molecule has 2 N–H and O–H groups in total. The molecule has 18 heavy (non-hydrogen) atoms. The molecule has 0 saturated heterocycles. The van der Waals surface area contributed by atoms with Gasteiger partial charge < -0.3 is 5.73 Å². The minimum absolute atomic E-state index is 0.435. The molecule has 1 aromatic rings. The predicted octanol–water partition coefficient (Wildman–Crippen LogP) is 3.24. The van der Waals surface area contributed by atoms with E-state index in [9.17, 15) is 0 Å². The molecule has 0 aliphatic heterocycles. The van der Waals surface area contributed by atoms with Crippen LogP contribution in [0.3, 0.4) is 0 Å². The van der Waals surface area contributed by atoms with Crippen molar-refractivity contribution in [3.8, 4) is 0 Å². The fraction of sp³-hybridized carbons (Fsp3) is 0.800. The second-order valence-corrected chi connectivity index (χ2v) is 6.40. The summed E-state index contributed by atoms with van der Waals surface area (Å²) < 4.78 is 2.13. The fourth-order valence-electron chi connectivity index (χ4n) is 3.28. The van der Waals surface area contributed by atoms with E-state index in [0.29, 0.717) is 17.4 Å². The summed E-state index contributed by atoms with van der Waals surface area (Å²) in [7, 11) is 0. The lowest BCUT2D eigenvalue weighted by Crippen LogP contribution is -2.37. The van der Waals surface area contributed by atoms with Gasteiger partial charge in [0.15, 0.2) is 0 Å². The number of rotatable bonds is 4. The van der Waals surface area contributed by atoms with E-state index < -0.39 is 0 Å². The average molecular weight is 249 g/mol. The molecule has 0 amide bonds. The van der Waals surface area contributed by atoms with Crippen LogP contribution in [0.15, 0.2) is 18.5 Å². The van der Waals surface area contributed by atoms with Crippen LogP contribution >= 0.6 is 0 Å². The van der Waals surface area contributed by atoms with Crippen molar-refractivity contribution >= 4 is 0 Å². The van der Waals surface area contributed by atoms with Gasteiger partial charge in [0, 0.05) is 12.4 Å². The highest BCUT2D eigenvalue weighted by molar-refractivity contribution is 4.92. The summed E-state index contributed by atoms with van der Waals surface area (Å²) in [4.78, 5) is 0. The molecule has 1 fully saturated rings. The van der Waals surface area contributed by atoms with Crippen LogP contribution in [0.1, 0.15) is 52.5 Å². The van der Waals surface area contributed by atoms with Crippen LogP contribution in [0.25, 0.3) is 0 Å². The monoisotopic (exact) mass is 249 g/mol. The van der Waals surface area contributed by atoms with E-state index in [1.807, 2.05) is 12.3 Å². The van der Waals surface area contributed by atoms with Gasteiger partial charge >= 0.3 is 0 Å². The van der Waals surface area contributed by atoms with Crippen molar-refractivity contribution in [3.63, 3.8) is 0 Å². The first-order chi connectivity index (χ1) is 8.58. The van der Waals surface area contributed by atoms with Crippen LogP contribution in [0.5, 0.6) is 0 Å². The highest BCUT2D eigenvalue weighted by Gasteiger charge is 2.37. The molecule has 1 heterocycles. The van der Waals surface area contributed by atoms with Crippen LogP contribution < -0.4 is 5.73 Å². The van der Waals surface area contributed by atoms with Gasteiger partial charge in [-0.25, -0.2) is 0 Å². The third-order valence-electron chi connectivity index (χ3n) is 5.14. The van der Waals surface area contributed by atoms with E-state index in [4.69, 9.17) is 5.73 Å². The number of nitrogens with two attached hydrogens (primary N) is 1. The Labute approximate surface area is 111 Å². The molecule has 2 rings (SSSR count). The summed E-state index contributed by atoms with van der Waals surface area (Å²) in [5.41, 5.74) is 6.38. The molecule has 3 heteroatoms. The van der Waals surface area contributed by atoms with Gasteiger partial charge in [-0.15, -0.1) is 0 Å². The van der Waals surface area contributed by atoms with Crippen LogP contribution in [0, 0.1) is 17.3 Å². The summed E-state index contributed by atoms with van der Waals surface area (Å²) in [6.45, 7) is 7.89. The van der Waals surface area contributed by atoms with E-state index in [2.05, 4.69) is 36.7 Å². The number of nitrogens with zero attached hydrogens (tertiary/aromatic N) is 2. The van der Waals surface area contributed by atoms with Crippen LogP contribution in [0.4, 0.5) is 0 Å². The second kappa shape index (κ2) is 5.43. The Balaban J connectivity index is 2.15. The lowest BCUT2D eigenvalue weighted by atomic mass is 9.66. The Morgan fingerprint density at radius 1 is 1.39 bits per heavy atom.